The van der Waals surface area contributed by atoms with Gasteiger partial charge in [-0.05, 0) is 45.3 Å². The van der Waals surface area contributed by atoms with E-state index in [0.29, 0.717) is 30.2 Å². The highest BCUT2D eigenvalue weighted by Gasteiger charge is 2.22. The molecule has 0 amide bonds. The highest BCUT2D eigenvalue weighted by molar-refractivity contribution is 7.99. The topological polar surface area (TPSA) is 81.6 Å². The number of thioether (sulfide) groups is 1. The van der Waals surface area contributed by atoms with E-state index < -0.39 is 0 Å². The van der Waals surface area contributed by atoms with Crippen LogP contribution in [-0.2, 0) is 20.8 Å². The fourth-order valence-electron chi connectivity index (χ4n) is 3.36. The standard InChI is InChI=1S/C20H27N3O4S2/c1-4-27-20(25)17-13(2)16-18(28-11-8-15(24)26-3)21-14(22-19(16)29-17)12-23-9-6-5-7-10-23/h4-12H2,1-3H3. The van der Waals surface area contributed by atoms with Crippen molar-refractivity contribution in [1.29, 1.82) is 0 Å². The van der Waals surface area contributed by atoms with Crippen molar-refractivity contribution in [2.75, 3.05) is 32.6 Å². The van der Waals surface area contributed by atoms with Gasteiger partial charge in [0.05, 0.1) is 26.7 Å². The number of aryl methyl sites for hydroxylation is 1. The molecule has 3 heterocycles. The van der Waals surface area contributed by atoms with Crippen molar-refractivity contribution in [2.24, 2.45) is 0 Å². The first-order valence-electron chi connectivity index (χ1n) is 9.92. The van der Waals surface area contributed by atoms with Crippen molar-refractivity contribution >= 4 is 45.3 Å². The molecule has 9 heteroatoms. The Morgan fingerprint density at radius 1 is 1.21 bits per heavy atom. The van der Waals surface area contributed by atoms with E-state index in [4.69, 9.17) is 19.4 Å². The molecule has 1 aliphatic heterocycles. The Kier molecular flexibility index (Phi) is 7.85. The maximum Gasteiger partial charge on any atom is 0.348 e. The van der Waals surface area contributed by atoms with E-state index in [0.717, 1.165) is 39.7 Å². The van der Waals surface area contributed by atoms with Crippen LogP contribution in [0.5, 0.6) is 0 Å². The Labute approximate surface area is 179 Å². The van der Waals surface area contributed by atoms with Crippen LogP contribution in [0.1, 0.15) is 53.7 Å². The molecule has 0 bridgehead atoms. The maximum atomic E-state index is 12.4. The molecule has 3 rings (SSSR count). The summed E-state index contributed by atoms with van der Waals surface area (Å²) in [6.07, 6.45) is 3.99. The number of carbonyl (C=O) groups is 2. The van der Waals surface area contributed by atoms with E-state index in [-0.39, 0.29) is 11.9 Å². The molecular weight excluding hydrogens is 410 g/mol. The molecule has 7 nitrogen and oxygen atoms in total. The van der Waals surface area contributed by atoms with Crippen LogP contribution in [0, 0.1) is 6.92 Å². The molecule has 2 aromatic rings. The average molecular weight is 438 g/mol. The van der Waals surface area contributed by atoms with Crippen molar-refractivity contribution in [3.63, 3.8) is 0 Å². The van der Waals surface area contributed by atoms with E-state index in [2.05, 4.69) is 4.90 Å². The summed E-state index contributed by atoms with van der Waals surface area (Å²) in [6.45, 7) is 6.85. The lowest BCUT2D eigenvalue weighted by Gasteiger charge is -2.25. The van der Waals surface area contributed by atoms with Gasteiger partial charge in [-0.15, -0.1) is 23.1 Å². The van der Waals surface area contributed by atoms with E-state index in [1.54, 1.807) is 6.92 Å². The fraction of sp³-hybridized carbons (Fsp3) is 0.600. The third-order valence-electron chi connectivity index (χ3n) is 4.85. The number of ether oxygens (including phenoxy) is 2. The molecule has 1 saturated heterocycles. The van der Waals surface area contributed by atoms with Crippen molar-refractivity contribution in [3.05, 3.63) is 16.3 Å². The van der Waals surface area contributed by atoms with Crippen LogP contribution >= 0.6 is 23.1 Å². The van der Waals surface area contributed by atoms with E-state index in [1.165, 1.54) is 49.5 Å². The van der Waals surface area contributed by atoms with Gasteiger partial charge >= 0.3 is 11.9 Å². The highest BCUT2D eigenvalue weighted by Crippen LogP contribution is 2.36. The number of aromatic nitrogens is 2. The van der Waals surface area contributed by atoms with Gasteiger partial charge in [0.2, 0.25) is 0 Å². The lowest BCUT2D eigenvalue weighted by molar-refractivity contribution is -0.140. The number of nitrogens with zero attached hydrogens (tertiary/aromatic N) is 3. The molecule has 0 unspecified atom stereocenters. The van der Waals surface area contributed by atoms with E-state index in [1.807, 2.05) is 6.92 Å². The predicted octanol–water partition coefficient (Wildman–Crippen LogP) is 3.82. The number of esters is 2. The molecule has 0 spiro atoms. The Morgan fingerprint density at radius 3 is 2.66 bits per heavy atom. The van der Waals surface area contributed by atoms with Gasteiger partial charge in [-0.1, -0.05) is 6.42 Å². The summed E-state index contributed by atoms with van der Waals surface area (Å²) in [5.74, 6) is 0.754. The Hall–Kier alpha value is -1.71. The zero-order valence-electron chi connectivity index (χ0n) is 17.2. The van der Waals surface area contributed by atoms with Crippen LogP contribution in [0.25, 0.3) is 10.2 Å². The number of hydrogen-bond donors (Lipinski definition) is 0. The minimum Gasteiger partial charge on any atom is -0.469 e. The second-order valence-corrected chi connectivity index (χ2v) is 9.00. The first kappa shape index (κ1) is 22.0. The van der Waals surface area contributed by atoms with Gasteiger partial charge < -0.3 is 9.47 Å². The highest BCUT2D eigenvalue weighted by atomic mass is 32.2. The smallest absolute Gasteiger partial charge is 0.348 e. The number of likely N-dealkylation sites (tertiary alicyclic amines) is 1. The quantitative estimate of drug-likeness (QED) is 0.350. The van der Waals surface area contributed by atoms with Gasteiger partial charge in [-0.3, -0.25) is 9.69 Å². The zero-order chi connectivity index (χ0) is 20.8. The van der Waals surface area contributed by atoms with Gasteiger partial charge in [-0.25, -0.2) is 14.8 Å². The molecule has 0 saturated carbocycles. The van der Waals surface area contributed by atoms with Gasteiger partial charge in [-0.2, -0.15) is 0 Å². The summed E-state index contributed by atoms with van der Waals surface area (Å²) in [5, 5.41) is 1.70. The van der Waals surface area contributed by atoms with Gasteiger partial charge in [0.15, 0.2) is 0 Å². The fourth-order valence-corrected chi connectivity index (χ4v) is 5.55. The Bertz CT molecular complexity index is 878. The van der Waals surface area contributed by atoms with Crippen LogP contribution in [0.15, 0.2) is 5.03 Å². The maximum absolute atomic E-state index is 12.4. The SMILES string of the molecule is CCOC(=O)c1sc2nc(CN3CCCCC3)nc(SCCC(=O)OC)c2c1C. The Morgan fingerprint density at radius 2 is 1.97 bits per heavy atom. The zero-order valence-corrected chi connectivity index (χ0v) is 18.8. The molecule has 1 aliphatic rings. The monoisotopic (exact) mass is 437 g/mol. The Balaban J connectivity index is 1.93. The van der Waals surface area contributed by atoms with Crippen LogP contribution in [0.3, 0.4) is 0 Å². The van der Waals surface area contributed by atoms with Crippen molar-refractivity contribution in [3.8, 4) is 0 Å². The molecule has 2 aromatic heterocycles. The minimum atomic E-state index is -0.323. The minimum absolute atomic E-state index is 0.245. The van der Waals surface area contributed by atoms with Crippen LogP contribution in [0.2, 0.25) is 0 Å². The molecule has 158 valence electrons. The van der Waals surface area contributed by atoms with Crippen LogP contribution < -0.4 is 0 Å². The first-order chi connectivity index (χ1) is 14.0. The van der Waals surface area contributed by atoms with Crippen molar-refractivity contribution < 1.29 is 19.1 Å². The summed E-state index contributed by atoms with van der Waals surface area (Å²) in [5.41, 5.74) is 0.841. The molecule has 1 fully saturated rings. The molecule has 0 N–H and O–H groups in total. The number of fused-ring (bicyclic) bond motifs is 1. The number of thiophene rings is 1. The summed E-state index contributed by atoms with van der Waals surface area (Å²) in [7, 11) is 1.39. The number of hydrogen-bond acceptors (Lipinski definition) is 9. The largest absolute Gasteiger partial charge is 0.469 e. The van der Waals surface area contributed by atoms with Gasteiger partial charge in [0.1, 0.15) is 20.6 Å². The lowest BCUT2D eigenvalue weighted by Crippen LogP contribution is -2.29. The molecule has 0 radical (unpaired) electrons. The molecule has 0 aromatic carbocycles. The summed E-state index contributed by atoms with van der Waals surface area (Å²) < 4.78 is 9.94. The van der Waals surface area contributed by atoms with Crippen LogP contribution in [0.4, 0.5) is 0 Å². The van der Waals surface area contributed by atoms with Crippen molar-refractivity contribution in [2.45, 2.75) is 51.1 Å². The normalized spacial score (nSPS) is 14.9. The summed E-state index contributed by atoms with van der Waals surface area (Å²) in [4.78, 5) is 37.2. The third-order valence-corrected chi connectivity index (χ3v) is 6.99. The third kappa shape index (κ3) is 5.46. The lowest BCUT2D eigenvalue weighted by atomic mass is 10.1. The predicted molar refractivity (Wildman–Crippen MR) is 115 cm³/mol. The van der Waals surface area contributed by atoms with Gasteiger partial charge in [0.25, 0.3) is 0 Å². The molecule has 29 heavy (non-hydrogen) atoms. The number of carbonyl (C=O) groups excluding carboxylic acids is 2. The van der Waals surface area contributed by atoms with Crippen molar-refractivity contribution in [1.82, 2.24) is 14.9 Å². The molecule has 0 atom stereocenters. The van der Waals surface area contributed by atoms with Gasteiger partial charge in [0, 0.05) is 11.1 Å². The second kappa shape index (κ2) is 10.4. The molecule has 0 aliphatic carbocycles. The number of piperidine rings is 1. The number of rotatable bonds is 8. The van der Waals surface area contributed by atoms with E-state index >= 15 is 0 Å². The van der Waals surface area contributed by atoms with E-state index in [9.17, 15) is 9.59 Å². The number of methoxy groups -OCH3 is 1. The summed E-state index contributed by atoms with van der Waals surface area (Å²) >= 11 is 2.86. The first-order valence-corrected chi connectivity index (χ1v) is 11.7. The van der Waals surface area contributed by atoms with Crippen LogP contribution in [-0.4, -0.2) is 59.4 Å². The molecular formula is C20H27N3O4S2. The summed E-state index contributed by atoms with van der Waals surface area (Å²) in [6, 6.07) is 0. The second-order valence-electron chi connectivity index (χ2n) is 6.91. The average Bonchev–Trinajstić information content (AvgIpc) is 3.05.